The Labute approximate surface area is 452 Å². The third-order valence-corrected chi connectivity index (χ3v) is 15.9. The van der Waals surface area contributed by atoms with E-state index in [-0.39, 0.29) is 11.9 Å². The van der Waals surface area contributed by atoms with Crippen LogP contribution in [0.3, 0.4) is 0 Å². The van der Waals surface area contributed by atoms with Crippen LogP contribution >= 0.6 is 11.6 Å². The number of carbonyl (C=O) groups is 4. The van der Waals surface area contributed by atoms with Crippen molar-refractivity contribution in [2.24, 2.45) is 11.7 Å². The first-order valence-electron chi connectivity index (χ1n) is 28.1. The zero-order chi connectivity index (χ0) is 53.6. The summed E-state index contributed by atoms with van der Waals surface area (Å²) in [5.41, 5.74) is 9.42. The summed E-state index contributed by atoms with van der Waals surface area (Å²) in [7, 11) is 2.20. The Balaban J connectivity index is 0.000000197. The summed E-state index contributed by atoms with van der Waals surface area (Å²) in [5.74, 6) is 2.19. The Kier molecular flexibility index (Phi) is 24.3. The van der Waals surface area contributed by atoms with Crippen molar-refractivity contribution in [3.05, 3.63) is 88.8 Å². The summed E-state index contributed by atoms with van der Waals surface area (Å²) < 4.78 is 6.22. The van der Waals surface area contributed by atoms with Crippen LogP contribution in [0.1, 0.15) is 132 Å². The lowest BCUT2D eigenvalue weighted by atomic mass is 9.87. The number of nitrogens with zero attached hydrogens (tertiary/aromatic N) is 8. The topological polar surface area (TPSA) is 177 Å². The van der Waals surface area contributed by atoms with Gasteiger partial charge in [0.15, 0.2) is 0 Å². The predicted molar refractivity (Wildman–Crippen MR) is 301 cm³/mol. The number of carbonyl (C=O) groups excluding carboxylic acids is 4. The molecular formula is C58H88ClN11O5. The van der Waals surface area contributed by atoms with Crippen molar-refractivity contribution in [1.82, 2.24) is 44.8 Å². The number of piperidine rings is 4. The van der Waals surface area contributed by atoms with Crippen molar-refractivity contribution in [2.45, 2.75) is 128 Å². The number of rotatable bonds is 14. The first-order valence-corrected chi connectivity index (χ1v) is 28.4. The van der Waals surface area contributed by atoms with Gasteiger partial charge in [0, 0.05) is 108 Å². The second-order valence-electron chi connectivity index (χ2n) is 21.1. The fourth-order valence-corrected chi connectivity index (χ4v) is 10.5. The molecule has 1 saturated carbocycles. The van der Waals surface area contributed by atoms with Gasteiger partial charge in [0.1, 0.15) is 24.1 Å². The Hall–Kier alpha value is -4.97. The molecule has 10 rings (SSSR count). The average Bonchev–Trinajstić information content (AvgIpc) is 4.10. The maximum absolute atomic E-state index is 13.5. The van der Waals surface area contributed by atoms with E-state index in [1.807, 2.05) is 73.5 Å². The van der Waals surface area contributed by atoms with Gasteiger partial charge in [-0.3, -0.25) is 24.1 Å². The van der Waals surface area contributed by atoms with Crippen molar-refractivity contribution >= 4 is 53.5 Å². The second-order valence-corrected chi connectivity index (χ2v) is 21.5. The SMILES string of the molecule is CC.CC1CC1.CCN1CCC(OC2CCN(C)CC2)CC1.NC1(C(=O)NC(CCN2CCN(C=O)CC2)c2ccc(Cl)cc2)CCN(c2ncnc3[nH]ccc23)CC1.O=Cc1cccc(C2CCCN(C=O)C2)c1. The van der Waals surface area contributed by atoms with E-state index in [0.717, 1.165) is 118 Å². The predicted octanol–water partition coefficient (Wildman–Crippen LogP) is 7.79. The fraction of sp³-hybridized carbons (Fsp3) is 0.621. The number of likely N-dealkylation sites (tertiary alicyclic amines) is 3. The lowest BCUT2D eigenvalue weighted by molar-refractivity contribution is -0.128. The lowest BCUT2D eigenvalue weighted by Crippen LogP contribution is -2.60. The normalized spacial score (nSPS) is 21.1. The Morgan fingerprint density at radius 2 is 1.48 bits per heavy atom. The minimum absolute atomic E-state index is 0.132. The average molecular weight is 1050 g/mol. The largest absolute Gasteiger partial charge is 0.375 e. The first-order chi connectivity index (χ1) is 36.4. The van der Waals surface area contributed by atoms with Crippen LogP contribution in [0.5, 0.6) is 0 Å². The molecule has 5 saturated heterocycles. The Morgan fingerprint density at radius 1 is 0.827 bits per heavy atom. The number of hydrogen-bond acceptors (Lipinski definition) is 12. The van der Waals surface area contributed by atoms with Crippen molar-refractivity contribution in [3.8, 4) is 0 Å². The van der Waals surface area contributed by atoms with Crippen molar-refractivity contribution in [2.75, 3.05) is 104 Å². The molecule has 1 aliphatic carbocycles. The Bertz CT molecular complexity index is 2300. The monoisotopic (exact) mass is 1050 g/mol. The molecule has 17 heteroatoms. The molecule has 412 valence electrons. The number of aromatic amines is 1. The smallest absolute Gasteiger partial charge is 0.240 e. The maximum atomic E-state index is 13.5. The van der Waals surface area contributed by atoms with Gasteiger partial charge in [-0.05, 0) is 113 Å². The van der Waals surface area contributed by atoms with Gasteiger partial charge in [-0.2, -0.15) is 0 Å². The number of benzene rings is 2. The van der Waals surface area contributed by atoms with Gasteiger partial charge in [0.25, 0.3) is 0 Å². The molecule has 0 bridgehead atoms. The first kappa shape index (κ1) is 59.3. The van der Waals surface area contributed by atoms with Gasteiger partial charge in [0.05, 0.1) is 29.2 Å². The summed E-state index contributed by atoms with van der Waals surface area (Å²) in [6, 6.07) is 17.1. The van der Waals surface area contributed by atoms with E-state index in [1.165, 1.54) is 71.2 Å². The van der Waals surface area contributed by atoms with Crippen LogP contribution in [0.2, 0.25) is 5.02 Å². The molecule has 0 spiro atoms. The van der Waals surface area contributed by atoms with Crippen LogP contribution in [-0.4, -0.2) is 181 Å². The molecule has 2 aromatic carbocycles. The summed E-state index contributed by atoms with van der Waals surface area (Å²) in [5, 5.41) is 4.87. The number of piperazine rings is 1. The van der Waals surface area contributed by atoms with Crippen LogP contribution < -0.4 is 16.0 Å². The number of halogens is 1. The second kappa shape index (κ2) is 30.7. The highest BCUT2D eigenvalue weighted by Gasteiger charge is 2.39. The van der Waals surface area contributed by atoms with E-state index in [1.54, 1.807) is 17.3 Å². The summed E-state index contributed by atoms with van der Waals surface area (Å²) >= 11 is 6.12. The van der Waals surface area contributed by atoms with E-state index in [4.69, 9.17) is 22.1 Å². The molecule has 6 aliphatic rings. The van der Waals surface area contributed by atoms with Gasteiger partial charge >= 0.3 is 0 Å². The van der Waals surface area contributed by atoms with E-state index in [9.17, 15) is 19.2 Å². The number of H-pyrrole nitrogens is 1. The minimum atomic E-state index is -0.957. The van der Waals surface area contributed by atoms with E-state index < -0.39 is 5.54 Å². The molecule has 2 unspecified atom stereocenters. The summed E-state index contributed by atoms with van der Waals surface area (Å²) in [6.07, 6.45) is 19.0. The number of nitrogens with two attached hydrogens (primary N) is 1. The van der Waals surface area contributed by atoms with Crippen LogP contribution in [0.15, 0.2) is 67.1 Å². The Morgan fingerprint density at radius 3 is 2.09 bits per heavy atom. The number of aldehydes is 1. The molecule has 4 aromatic rings. The highest BCUT2D eigenvalue weighted by Crippen LogP contribution is 2.31. The summed E-state index contributed by atoms with van der Waals surface area (Å²) in [4.78, 5) is 70.9. The molecule has 6 fully saturated rings. The van der Waals surface area contributed by atoms with E-state index >= 15 is 0 Å². The van der Waals surface area contributed by atoms with E-state index in [0.29, 0.717) is 54.6 Å². The molecule has 3 amide bonds. The molecule has 16 nitrogen and oxygen atoms in total. The lowest BCUT2D eigenvalue weighted by Gasteiger charge is -2.39. The summed E-state index contributed by atoms with van der Waals surface area (Å²) in [6.45, 7) is 21.4. The molecule has 4 N–H and O–H groups in total. The molecule has 75 heavy (non-hydrogen) atoms. The number of anilines is 1. The molecular weight excluding hydrogens is 966 g/mol. The zero-order valence-electron chi connectivity index (χ0n) is 45.7. The third kappa shape index (κ3) is 18.6. The van der Waals surface area contributed by atoms with Crippen LogP contribution in [0.25, 0.3) is 11.0 Å². The number of amides is 3. The molecule has 0 radical (unpaired) electrons. The number of ether oxygens (including phenoxy) is 1. The zero-order valence-corrected chi connectivity index (χ0v) is 46.5. The third-order valence-electron chi connectivity index (χ3n) is 15.6. The van der Waals surface area contributed by atoms with Gasteiger partial charge in [-0.15, -0.1) is 0 Å². The van der Waals surface area contributed by atoms with Crippen molar-refractivity contribution < 1.29 is 23.9 Å². The van der Waals surface area contributed by atoms with Gasteiger partial charge in [-0.25, -0.2) is 9.97 Å². The molecule has 2 atom stereocenters. The quantitative estimate of drug-likeness (QED) is 0.105. The highest BCUT2D eigenvalue weighted by molar-refractivity contribution is 6.30. The number of aromatic nitrogens is 3. The number of hydrogen-bond donors (Lipinski definition) is 3. The van der Waals surface area contributed by atoms with Crippen molar-refractivity contribution in [1.29, 1.82) is 0 Å². The maximum Gasteiger partial charge on any atom is 0.240 e. The van der Waals surface area contributed by atoms with Crippen LogP contribution in [0, 0.1) is 5.92 Å². The minimum Gasteiger partial charge on any atom is -0.375 e. The van der Waals surface area contributed by atoms with Gasteiger partial charge in [-0.1, -0.05) is 82.5 Å². The van der Waals surface area contributed by atoms with Gasteiger partial charge in [0.2, 0.25) is 18.7 Å². The van der Waals surface area contributed by atoms with Crippen LogP contribution in [-0.2, 0) is 19.1 Å². The highest BCUT2D eigenvalue weighted by atomic mass is 35.5. The molecule has 2 aromatic heterocycles. The molecule has 5 aliphatic heterocycles. The van der Waals surface area contributed by atoms with Crippen molar-refractivity contribution in [3.63, 3.8) is 0 Å². The molecule has 7 heterocycles. The van der Waals surface area contributed by atoms with E-state index in [2.05, 4.69) is 60.8 Å². The number of nitrogens with one attached hydrogen (secondary N) is 2. The van der Waals surface area contributed by atoms with Gasteiger partial charge < -0.3 is 45.3 Å². The fourth-order valence-electron chi connectivity index (χ4n) is 10.4. The standard InChI is InChI=1S/C26H33ClN8O2.C13H26N2O.C13H15NO2.C4H8.C2H6/c27-20-3-1-19(2-4-20)22(6-10-33-13-15-34(18-36)16-14-33)32-25(37)26(28)7-11-35(12-8-26)24-21-5-9-29-23(21)30-17-31-24;1-3-15-10-6-13(7-11-15)16-12-4-8-14(2)9-5-12;15-9-11-3-1-4-12(7-11)13-5-2-6-14(8-13)10-16;1-4-2-3-4;1-2/h1-5,9,17-18,22H,6-8,10-16,28H2,(H,32,37)(H,29,30,31);12-13H,3-11H2,1-2H3;1,3-4,7,9-10,13H,2,5-6,8H2;4H,2-3H2,1H3;1-2H3. The number of fused-ring (bicyclic) bond motifs is 1. The van der Waals surface area contributed by atoms with Crippen LogP contribution in [0.4, 0.5) is 5.82 Å².